The van der Waals surface area contributed by atoms with E-state index in [1.165, 1.54) is 4.90 Å². The van der Waals surface area contributed by atoms with E-state index in [1.54, 1.807) is 11.8 Å². The van der Waals surface area contributed by atoms with Gasteiger partial charge in [-0.05, 0) is 30.8 Å². The van der Waals surface area contributed by atoms with Crippen LogP contribution in [0.5, 0.6) is 0 Å². The molecule has 0 aromatic heterocycles. The van der Waals surface area contributed by atoms with Crippen LogP contribution in [0.15, 0.2) is 0 Å². The number of carbonyl (C=O) groups is 2. The Morgan fingerprint density at radius 2 is 2.24 bits per heavy atom. The monoisotopic (exact) mass is 260 g/mol. The lowest BCUT2D eigenvalue weighted by Crippen LogP contribution is -2.47. The number of carboxylic acids is 1. The van der Waals surface area contributed by atoms with Gasteiger partial charge >= 0.3 is 12.0 Å². The highest BCUT2D eigenvalue weighted by Crippen LogP contribution is 2.23. The minimum atomic E-state index is -0.908. The van der Waals surface area contributed by atoms with Crippen molar-refractivity contribution in [3.05, 3.63) is 0 Å². The predicted molar refractivity (Wildman–Crippen MR) is 68.3 cm³/mol. The van der Waals surface area contributed by atoms with E-state index in [-0.39, 0.29) is 11.9 Å². The van der Waals surface area contributed by atoms with Crippen LogP contribution < -0.4 is 5.32 Å². The lowest BCUT2D eigenvalue weighted by molar-refractivity contribution is -0.142. The van der Waals surface area contributed by atoms with Crippen molar-refractivity contribution < 1.29 is 14.7 Å². The molecule has 1 saturated heterocycles. The van der Waals surface area contributed by atoms with Gasteiger partial charge in [0.1, 0.15) is 6.04 Å². The number of hydrogen-bond acceptors (Lipinski definition) is 3. The number of aliphatic carboxylic acids is 1. The van der Waals surface area contributed by atoms with E-state index < -0.39 is 12.0 Å². The number of carboxylic acid groups (broad SMARTS) is 1. The van der Waals surface area contributed by atoms with Crippen molar-refractivity contribution in [3.63, 3.8) is 0 Å². The van der Waals surface area contributed by atoms with Gasteiger partial charge in [0.15, 0.2) is 0 Å². The summed E-state index contributed by atoms with van der Waals surface area (Å²) in [5.74, 6) is 0.123. The van der Waals surface area contributed by atoms with Gasteiger partial charge in [-0.15, -0.1) is 0 Å². The maximum atomic E-state index is 11.8. The van der Waals surface area contributed by atoms with E-state index in [9.17, 15) is 9.59 Å². The summed E-state index contributed by atoms with van der Waals surface area (Å²) >= 11 is 1.73. The van der Waals surface area contributed by atoms with Crippen LogP contribution >= 0.6 is 11.8 Å². The maximum Gasteiger partial charge on any atom is 0.326 e. The Morgan fingerprint density at radius 1 is 1.53 bits per heavy atom. The number of amides is 2. The summed E-state index contributed by atoms with van der Waals surface area (Å²) in [5.41, 5.74) is 0. The fraction of sp³-hybridized carbons (Fsp3) is 0.818. The largest absolute Gasteiger partial charge is 0.480 e. The average molecular weight is 260 g/mol. The minimum Gasteiger partial charge on any atom is -0.480 e. The van der Waals surface area contributed by atoms with Crippen molar-refractivity contribution in [1.82, 2.24) is 10.2 Å². The van der Waals surface area contributed by atoms with Gasteiger partial charge in [0.05, 0.1) is 0 Å². The van der Waals surface area contributed by atoms with E-state index in [2.05, 4.69) is 5.32 Å². The summed E-state index contributed by atoms with van der Waals surface area (Å²) in [6.45, 7) is 3.02. The lowest BCUT2D eigenvalue weighted by atomic mass is 10.0. The van der Waals surface area contributed by atoms with Crippen molar-refractivity contribution in [1.29, 1.82) is 0 Å². The van der Waals surface area contributed by atoms with Gasteiger partial charge in [-0.25, -0.2) is 9.59 Å². The van der Waals surface area contributed by atoms with Crippen molar-refractivity contribution >= 4 is 23.8 Å². The van der Waals surface area contributed by atoms with Crippen LogP contribution in [0.4, 0.5) is 4.79 Å². The molecule has 6 heteroatoms. The summed E-state index contributed by atoms with van der Waals surface area (Å²) < 4.78 is 0. The molecule has 2 atom stereocenters. The molecule has 0 aromatic rings. The first kappa shape index (κ1) is 14.2. The molecule has 2 N–H and O–H groups in total. The van der Waals surface area contributed by atoms with Gasteiger partial charge in [-0.1, -0.05) is 6.92 Å². The molecule has 17 heavy (non-hydrogen) atoms. The van der Waals surface area contributed by atoms with Crippen LogP contribution in [-0.4, -0.2) is 53.1 Å². The molecule has 0 bridgehead atoms. The van der Waals surface area contributed by atoms with Gasteiger partial charge < -0.3 is 15.3 Å². The van der Waals surface area contributed by atoms with Gasteiger partial charge in [-0.2, -0.15) is 11.8 Å². The summed E-state index contributed by atoms with van der Waals surface area (Å²) in [6.07, 6.45) is 3.69. The highest BCUT2D eigenvalue weighted by atomic mass is 32.2. The molecule has 2 amide bonds. The van der Waals surface area contributed by atoms with E-state index in [0.29, 0.717) is 13.1 Å². The minimum absolute atomic E-state index is 0.0319. The molecule has 0 aromatic carbocycles. The molecule has 1 aliphatic rings. The average Bonchev–Trinajstić information content (AvgIpc) is 2.66. The number of thioether (sulfide) groups is 1. The third-order valence-corrected chi connectivity index (χ3v) is 3.71. The summed E-state index contributed by atoms with van der Waals surface area (Å²) in [7, 11) is 0. The molecule has 2 unspecified atom stereocenters. The molecular weight excluding hydrogens is 240 g/mol. The lowest BCUT2D eigenvalue weighted by Gasteiger charge is -2.23. The summed E-state index contributed by atoms with van der Waals surface area (Å²) in [4.78, 5) is 24.3. The zero-order valence-corrected chi connectivity index (χ0v) is 11.1. The third-order valence-electron chi connectivity index (χ3n) is 3.02. The summed E-state index contributed by atoms with van der Waals surface area (Å²) in [5, 5.41) is 11.9. The predicted octanol–water partition coefficient (Wildman–Crippen LogP) is 1.24. The first-order chi connectivity index (χ1) is 8.07. The molecule has 1 rings (SSSR count). The van der Waals surface area contributed by atoms with Crippen LogP contribution in [0.1, 0.15) is 19.8 Å². The smallest absolute Gasteiger partial charge is 0.326 e. The van der Waals surface area contributed by atoms with Crippen LogP contribution in [-0.2, 0) is 4.79 Å². The highest BCUT2D eigenvalue weighted by Gasteiger charge is 2.39. The summed E-state index contributed by atoms with van der Waals surface area (Å²) in [6, 6.07) is -0.918. The second-order valence-corrected chi connectivity index (χ2v) is 5.31. The molecule has 98 valence electrons. The Hall–Kier alpha value is -0.910. The molecule has 5 nitrogen and oxygen atoms in total. The molecule has 1 aliphatic heterocycles. The first-order valence-electron chi connectivity index (χ1n) is 5.84. The number of hydrogen-bond donors (Lipinski definition) is 2. The standard InChI is InChI=1S/C11H20N2O3S/c1-8-4-6-13(9(8)10(14)15)11(16)12-5-3-7-17-2/h8-9H,3-7H2,1-2H3,(H,12,16)(H,14,15). The Kier molecular flexibility index (Phi) is 5.61. The van der Waals surface area contributed by atoms with Gasteiger partial charge in [0.2, 0.25) is 0 Å². The van der Waals surface area contributed by atoms with Gasteiger partial charge in [-0.3, -0.25) is 0 Å². The molecule has 0 spiro atoms. The molecule has 1 fully saturated rings. The van der Waals surface area contributed by atoms with Crippen molar-refractivity contribution in [3.8, 4) is 0 Å². The zero-order valence-electron chi connectivity index (χ0n) is 10.3. The number of carbonyl (C=O) groups excluding carboxylic acids is 1. The Morgan fingerprint density at radius 3 is 2.82 bits per heavy atom. The number of nitrogens with one attached hydrogen (secondary N) is 1. The van der Waals surface area contributed by atoms with Crippen LogP contribution in [0.3, 0.4) is 0 Å². The molecule has 1 heterocycles. The topological polar surface area (TPSA) is 69.6 Å². The second-order valence-electron chi connectivity index (χ2n) is 4.32. The highest BCUT2D eigenvalue weighted by molar-refractivity contribution is 7.98. The molecule has 0 aliphatic carbocycles. The van der Waals surface area contributed by atoms with E-state index >= 15 is 0 Å². The normalized spacial score (nSPS) is 23.8. The number of nitrogens with zero attached hydrogens (tertiary/aromatic N) is 1. The number of likely N-dealkylation sites (tertiary alicyclic amines) is 1. The Labute approximate surface area is 106 Å². The fourth-order valence-corrected chi connectivity index (χ4v) is 2.50. The van der Waals surface area contributed by atoms with Crippen LogP contribution in [0, 0.1) is 5.92 Å². The number of rotatable bonds is 5. The fourth-order valence-electron chi connectivity index (χ4n) is 2.06. The first-order valence-corrected chi connectivity index (χ1v) is 7.23. The Bertz CT molecular complexity index is 286. The molecular formula is C11H20N2O3S. The third kappa shape index (κ3) is 3.80. The van der Waals surface area contributed by atoms with Crippen LogP contribution in [0.25, 0.3) is 0 Å². The SMILES string of the molecule is CSCCCNC(=O)N1CCC(C)C1C(=O)O. The zero-order chi connectivity index (χ0) is 12.8. The van der Waals surface area contributed by atoms with Crippen molar-refractivity contribution in [2.75, 3.05) is 25.1 Å². The maximum absolute atomic E-state index is 11.8. The van der Waals surface area contributed by atoms with Crippen LogP contribution in [0.2, 0.25) is 0 Å². The second kappa shape index (κ2) is 6.74. The quantitative estimate of drug-likeness (QED) is 0.730. The van der Waals surface area contributed by atoms with E-state index in [1.807, 2.05) is 13.2 Å². The Balaban J connectivity index is 2.42. The van der Waals surface area contributed by atoms with Gasteiger partial charge in [0.25, 0.3) is 0 Å². The molecule has 0 radical (unpaired) electrons. The number of urea groups is 1. The van der Waals surface area contributed by atoms with Crippen molar-refractivity contribution in [2.24, 2.45) is 5.92 Å². The molecule has 0 saturated carbocycles. The van der Waals surface area contributed by atoms with Crippen molar-refractivity contribution in [2.45, 2.75) is 25.8 Å². The van der Waals surface area contributed by atoms with E-state index in [4.69, 9.17) is 5.11 Å². The van der Waals surface area contributed by atoms with Gasteiger partial charge in [0, 0.05) is 13.1 Å². The van der Waals surface area contributed by atoms with E-state index in [0.717, 1.165) is 18.6 Å².